The highest BCUT2D eigenvalue weighted by atomic mass is 19.4. The van der Waals surface area contributed by atoms with Gasteiger partial charge in [0.15, 0.2) is 0 Å². The molecule has 100 valence electrons. The lowest BCUT2D eigenvalue weighted by Gasteiger charge is -2.16. The molecule has 4 N–H and O–H groups in total. The molecule has 0 bridgehead atoms. The van der Waals surface area contributed by atoms with Crippen LogP contribution in [0.1, 0.15) is 19.8 Å². The van der Waals surface area contributed by atoms with Gasteiger partial charge < -0.3 is 11.1 Å². The maximum absolute atomic E-state index is 11.9. The second-order valence-corrected chi connectivity index (χ2v) is 3.51. The van der Waals surface area contributed by atoms with Gasteiger partial charge in [0.2, 0.25) is 11.8 Å². The first-order chi connectivity index (χ1) is 7.76. The van der Waals surface area contributed by atoms with Gasteiger partial charge in [0, 0.05) is 6.54 Å². The van der Waals surface area contributed by atoms with Crippen molar-refractivity contribution in [2.45, 2.75) is 32.0 Å². The largest absolute Gasteiger partial charge is 0.401 e. The van der Waals surface area contributed by atoms with Gasteiger partial charge in [-0.05, 0) is 6.42 Å². The molecular weight excluding hydrogens is 239 g/mol. The Kier molecular flexibility index (Phi) is 6.55. The molecule has 0 fully saturated rings. The molecule has 0 radical (unpaired) electrons. The van der Waals surface area contributed by atoms with Crippen LogP contribution in [0.25, 0.3) is 0 Å². The first-order valence-electron chi connectivity index (χ1n) is 5.12. The standard InChI is InChI=1S/C9H16F3N3O2/c1-2-3-14-7(16)4-6(8(13)17)15-5-9(10,11)12/h6,15H,2-5H2,1H3,(H2,13,17)(H,14,16). The van der Waals surface area contributed by atoms with E-state index in [1.807, 2.05) is 12.2 Å². The topological polar surface area (TPSA) is 84.2 Å². The van der Waals surface area contributed by atoms with E-state index >= 15 is 0 Å². The molecule has 0 rings (SSSR count). The predicted molar refractivity (Wildman–Crippen MR) is 55.0 cm³/mol. The second kappa shape index (κ2) is 7.10. The van der Waals surface area contributed by atoms with Crippen molar-refractivity contribution in [3.05, 3.63) is 0 Å². The van der Waals surface area contributed by atoms with Crippen molar-refractivity contribution in [2.24, 2.45) is 5.73 Å². The number of halogens is 3. The van der Waals surface area contributed by atoms with E-state index in [-0.39, 0.29) is 0 Å². The Bertz CT molecular complexity index is 269. The zero-order valence-electron chi connectivity index (χ0n) is 9.43. The van der Waals surface area contributed by atoms with Crippen molar-refractivity contribution < 1.29 is 22.8 Å². The van der Waals surface area contributed by atoms with Gasteiger partial charge in [-0.3, -0.25) is 14.9 Å². The summed E-state index contributed by atoms with van der Waals surface area (Å²) in [4.78, 5) is 22.0. The molecule has 0 aromatic carbocycles. The third-order valence-electron chi connectivity index (χ3n) is 1.85. The molecule has 8 heteroatoms. The first kappa shape index (κ1) is 15.7. The van der Waals surface area contributed by atoms with Gasteiger partial charge in [0.1, 0.15) is 0 Å². The summed E-state index contributed by atoms with van der Waals surface area (Å²) in [6, 6.07) is -1.31. The van der Waals surface area contributed by atoms with Crippen LogP contribution in [0.5, 0.6) is 0 Å². The smallest absolute Gasteiger partial charge is 0.368 e. The molecule has 0 aliphatic heterocycles. The van der Waals surface area contributed by atoms with Gasteiger partial charge >= 0.3 is 6.18 Å². The highest BCUT2D eigenvalue weighted by Crippen LogP contribution is 2.12. The van der Waals surface area contributed by atoms with Crippen LogP contribution < -0.4 is 16.4 Å². The van der Waals surface area contributed by atoms with E-state index in [1.165, 1.54) is 0 Å². The highest BCUT2D eigenvalue weighted by molar-refractivity contribution is 5.87. The lowest BCUT2D eigenvalue weighted by Crippen LogP contribution is -2.47. The van der Waals surface area contributed by atoms with Gasteiger partial charge in [-0.15, -0.1) is 0 Å². The zero-order chi connectivity index (χ0) is 13.5. The number of hydrogen-bond acceptors (Lipinski definition) is 3. The van der Waals surface area contributed by atoms with E-state index in [4.69, 9.17) is 5.73 Å². The fourth-order valence-electron chi connectivity index (χ4n) is 1.03. The van der Waals surface area contributed by atoms with Crippen molar-refractivity contribution in [3.8, 4) is 0 Å². The molecule has 1 atom stereocenters. The Labute approximate surface area is 96.9 Å². The molecule has 0 spiro atoms. The van der Waals surface area contributed by atoms with Crippen molar-refractivity contribution in [2.75, 3.05) is 13.1 Å². The SMILES string of the molecule is CCCNC(=O)CC(NCC(F)(F)F)C(N)=O. The van der Waals surface area contributed by atoms with Gasteiger partial charge in [0.05, 0.1) is 19.0 Å². The Morgan fingerprint density at radius 3 is 2.35 bits per heavy atom. The normalized spacial score (nSPS) is 13.2. The number of primary amides is 1. The van der Waals surface area contributed by atoms with Gasteiger partial charge in [0.25, 0.3) is 0 Å². The van der Waals surface area contributed by atoms with Gasteiger partial charge in [-0.25, -0.2) is 0 Å². The molecule has 0 heterocycles. The molecule has 1 unspecified atom stereocenters. The van der Waals surface area contributed by atoms with Gasteiger partial charge in [-0.1, -0.05) is 6.92 Å². The third-order valence-corrected chi connectivity index (χ3v) is 1.85. The molecule has 2 amide bonds. The summed E-state index contributed by atoms with van der Waals surface area (Å²) >= 11 is 0. The van der Waals surface area contributed by atoms with Crippen molar-refractivity contribution in [1.82, 2.24) is 10.6 Å². The van der Waals surface area contributed by atoms with Crippen LogP contribution in [0.2, 0.25) is 0 Å². The first-order valence-corrected chi connectivity index (χ1v) is 5.12. The fraction of sp³-hybridized carbons (Fsp3) is 0.778. The van der Waals surface area contributed by atoms with E-state index in [1.54, 1.807) is 0 Å². The van der Waals surface area contributed by atoms with Crippen LogP contribution in [0.15, 0.2) is 0 Å². The minimum absolute atomic E-state index is 0.397. The molecule has 0 saturated carbocycles. The quantitative estimate of drug-likeness (QED) is 0.594. The maximum Gasteiger partial charge on any atom is 0.401 e. The van der Waals surface area contributed by atoms with Crippen molar-refractivity contribution in [1.29, 1.82) is 0 Å². The monoisotopic (exact) mass is 255 g/mol. The minimum Gasteiger partial charge on any atom is -0.368 e. The van der Waals surface area contributed by atoms with Crippen molar-refractivity contribution in [3.63, 3.8) is 0 Å². The molecule has 0 saturated heterocycles. The van der Waals surface area contributed by atoms with E-state index in [0.717, 1.165) is 0 Å². The number of alkyl halides is 3. The number of carbonyl (C=O) groups excluding carboxylic acids is 2. The number of hydrogen-bond donors (Lipinski definition) is 3. The van der Waals surface area contributed by atoms with E-state index in [2.05, 4.69) is 5.32 Å². The Hall–Kier alpha value is -1.31. The lowest BCUT2D eigenvalue weighted by atomic mass is 10.2. The highest BCUT2D eigenvalue weighted by Gasteiger charge is 2.30. The summed E-state index contributed by atoms with van der Waals surface area (Å²) < 4.78 is 35.7. The lowest BCUT2D eigenvalue weighted by molar-refractivity contribution is -0.134. The fourth-order valence-corrected chi connectivity index (χ4v) is 1.03. The number of rotatable bonds is 7. The third kappa shape index (κ3) is 8.49. The predicted octanol–water partition coefficient (Wildman–Crippen LogP) is -0.0915. The molecule has 0 aromatic rings. The number of nitrogens with one attached hydrogen (secondary N) is 2. The summed E-state index contributed by atoms with van der Waals surface area (Å²) in [6.45, 7) is 0.874. The summed E-state index contributed by atoms with van der Waals surface area (Å²) in [5.74, 6) is -1.49. The molecule has 17 heavy (non-hydrogen) atoms. The molecule has 0 aromatic heterocycles. The summed E-state index contributed by atoms with van der Waals surface area (Å²) in [5, 5.41) is 4.35. The summed E-state index contributed by atoms with van der Waals surface area (Å²) in [7, 11) is 0. The number of nitrogens with two attached hydrogens (primary N) is 1. The average molecular weight is 255 g/mol. The van der Waals surface area contributed by atoms with Crippen LogP contribution >= 0.6 is 0 Å². The van der Waals surface area contributed by atoms with E-state index in [0.29, 0.717) is 13.0 Å². The minimum atomic E-state index is -4.45. The number of amides is 2. The van der Waals surface area contributed by atoms with Crippen molar-refractivity contribution >= 4 is 11.8 Å². The second-order valence-electron chi connectivity index (χ2n) is 3.51. The molecule has 0 aliphatic carbocycles. The Morgan fingerprint density at radius 1 is 1.35 bits per heavy atom. The zero-order valence-corrected chi connectivity index (χ0v) is 9.43. The maximum atomic E-state index is 11.9. The van der Waals surface area contributed by atoms with Crippen LogP contribution in [-0.4, -0.2) is 37.1 Å². The summed E-state index contributed by atoms with van der Waals surface area (Å²) in [5.41, 5.74) is 4.89. The number of carbonyl (C=O) groups is 2. The van der Waals surface area contributed by atoms with Crippen LogP contribution in [0.4, 0.5) is 13.2 Å². The molecule has 0 aliphatic rings. The van der Waals surface area contributed by atoms with Crippen LogP contribution in [0, 0.1) is 0 Å². The Balaban J connectivity index is 4.16. The molecule has 5 nitrogen and oxygen atoms in total. The summed E-state index contributed by atoms with van der Waals surface area (Å²) in [6.07, 6.45) is -4.15. The van der Waals surface area contributed by atoms with E-state index < -0.39 is 37.0 Å². The Morgan fingerprint density at radius 2 is 1.94 bits per heavy atom. The van der Waals surface area contributed by atoms with Gasteiger partial charge in [-0.2, -0.15) is 13.2 Å². The van der Waals surface area contributed by atoms with Crippen LogP contribution in [0.3, 0.4) is 0 Å². The van der Waals surface area contributed by atoms with E-state index in [9.17, 15) is 22.8 Å². The molecular formula is C9H16F3N3O2. The average Bonchev–Trinajstić information content (AvgIpc) is 2.19. The van der Waals surface area contributed by atoms with Crippen LogP contribution in [-0.2, 0) is 9.59 Å².